The van der Waals surface area contributed by atoms with Gasteiger partial charge < -0.3 is 15.4 Å². The second-order valence-electron chi connectivity index (χ2n) is 9.53. The lowest BCUT2D eigenvalue weighted by Gasteiger charge is -2.35. The van der Waals surface area contributed by atoms with Crippen LogP contribution in [0.1, 0.15) is 25.7 Å². The zero-order valence-electron chi connectivity index (χ0n) is 20.6. The summed E-state index contributed by atoms with van der Waals surface area (Å²) in [5.41, 5.74) is 0.0978. The molecule has 208 valence electrons. The van der Waals surface area contributed by atoms with Crippen LogP contribution in [0.5, 0.6) is 11.6 Å². The van der Waals surface area contributed by atoms with Gasteiger partial charge in [-0.15, -0.1) is 0 Å². The molecule has 0 spiro atoms. The van der Waals surface area contributed by atoms with Crippen LogP contribution in [0.15, 0.2) is 42.7 Å². The van der Waals surface area contributed by atoms with E-state index in [1.807, 2.05) is 4.72 Å². The van der Waals surface area contributed by atoms with Crippen LogP contribution in [-0.2, 0) is 10.0 Å². The van der Waals surface area contributed by atoms with Crippen molar-refractivity contribution >= 4 is 21.7 Å². The molecule has 1 aromatic carbocycles. The molecular weight excluding hydrogens is 540 g/mol. The second kappa shape index (κ2) is 10.9. The highest BCUT2D eigenvalue weighted by atomic mass is 32.2. The topological polar surface area (TPSA) is 118 Å². The number of nitrogens with zero attached hydrogens (tertiary/aromatic N) is 3. The Bertz CT molecular complexity index is 1450. The molecule has 2 fully saturated rings. The number of hydrogen-bond acceptors (Lipinski definition) is 8. The number of sulfonamides is 1. The predicted octanol–water partition coefficient (Wildman–Crippen LogP) is 4.56. The number of alkyl halides is 2. The zero-order valence-corrected chi connectivity index (χ0v) is 21.4. The number of anilines is 2. The van der Waals surface area contributed by atoms with Crippen LogP contribution in [-0.4, -0.2) is 54.2 Å². The Balaban J connectivity index is 1.33. The van der Waals surface area contributed by atoms with Crippen molar-refractivity contribution in [2.45, 2.75) is 37.6 Å². The number of benzene rings is 1. The Morgan fingerprint density at radius 3 is 2.64 bits per heavy atom. The Kier molecular flexibility index (Phi) is 7.58. The van der Waals surface area contributed by atoms with E-state index >= 15 is 0 Å². The van der Waals surface area contributed by atoms with Crippen LogP contribution in [0.25, 0.3) is 11.3 Å². The van der Waals surface area contributed by atoms with Crippen LogP contribution in [0.2, 0.25) is 0 Å². The molecule has 5 rings (SSSR count). The van der Waals surface area contributed by atoms with E-state index in [1.165, 1.54) is 6.20 Å². The highest BCUT2D eigenvalue weighted by Gasteiger charge is 2.50. The first kappa shape index (κ1) is 27.1. The van der Waals surface area contributed by atoms with E-state index in [2.05, 4.69) is 25.6 Å². The molecule has 39 heavy (non-hydrogen) atoms. The van der Waals surface area contributed by atoms with Gasteiger partial charge in [0.05, 0.1) is 22.7 Å². The number of rotatable bonds is 9. The van der Waals surface area contributed by atoms with Crippen molar-refractivity contribution in [1.82, 2.24) is 20.3 Å². The van der Waals surface area contributed by atoms with Crippen molar-refractivity contribution in [2.24, 2.45) is 5.92 Å². The highest BCUT2D eigenvalue weighted by Crippen LogP contribution is 2.44. The first-order valence-corrected chi connectivity index (χ1v) is 14.1. The van der Waals surface area contributed by atoms with Gasteiger partial charge >= 0.3 is 0 Å². The summed E-state index contributed by atoms with van der Waals surface area (Å²) in [6, 6.07) is 7.03. The molecule has 1 aliphatic carbocycles. The maximum absolute atomic E-state index is 14.9. The van der Waals surface area contributed by atoms with Crippen molar-refractivity contribution in [1.29, 1.82) is 0 Å². The van der Waals surface area contributed by atoms with E-state index in [-0.39, 0.29) is 18.3 Å². The van der Waals surface area contributed by atoms with E-state index in [4.69, 9.17) is 4.74 Å². The van der Waals surface area contributed by atoms with Crippen molar-refractivity contribution < 1.29 is 30.7 Å². The Hall–Kier alpha value is -3.52. The van der Waals surface area contributed by atoms with Gasteiger partial charge in [-0.05, 0) is 56.1 Å². The maximum Gasteiger partial charge on any atom is 0.252 e. The van der Waals surface area contributed by atoms with Crippen LogP contribution < -0.4 is 20.1 Å². The van der Waals surface area contributed by atoms with E-state index in [0.29, 0.717) is 17.2 Å². The van der Waals surface area contributed by atoms with Crippen LogP contribution in [0, 0.1) is 17.6 Å². The second-order valence-corrected chi connectivity index (χ2v) is 11.3. The van der Waals surface area contributed by atoms with Gasteiger partial charge in [0.15, 0.2) is 11.6 Å². The van der Waals surface area contributed by atoms with Crippen molar-refractivity contribution in [3.63, 3.8) is 0 Å². The van der Waals surface area contributed by atoms with Gasteiger partial charge in [-0.3, -0.25) is 4.72 Å². The Morgan fingerprint density at radius 1 is 1.08 bits per heavy atom. The number of piperidine rings is 1. The SMILES string of the molecule is O=S(=O)(CC1CCC1(F)F)Nc1ccc(Oc2ncccc2-c2ccnc(NC3CCCNC3)n2)c(F)c1F. The van der Waals surface area contributed by atoms with E-state index in [1.54, 1.807) is 24.4 Å². The summed E-state index contributed by atoms with van der Waals surface area (Å²) in [5, 5.41) is 6.57. The molecule has 2 aromatic heterocycles. The largest absolute Gasteiger partial charge is 0.435 e. The number of pyridine rings is 1. The molecule has 0 radical (unpaired) electrons. The molecule has 3 aromatic rings. The van der Waals surface area contributed by atoms with Crippen LogP contribution in [0.4, 0.5) is 29.2 Å². The number of nitrogens with one attached hydrogen (secondary N) is 3. The molecule has 3 N–H and O–H groups in total. The summed E-state index contributed by atoms with van der Waals surface area (Å²) >= 11 is 0. The lowest BCUT2D eigenvalue weighted by atomic mass is 9.82. The lowest BCUT2D eigenvalue weighted by molar-refractivity contribution is -0.122. The third-order valence-electron chi connectivity index (χ3n) is 6.70. The molecule has 1 aliphatic heterocycles. The molecule has 0 bridgehead atoms. The minimum Gasteiger partial charge on any atom is -0.435 e. The monoisotopic (exact) mass is 566 g/mol. The molecule has 2 unspecified atom stereocenters. The van der Waals surface area contributed by atoms with E-state index < -0.39 is 57.1 Å². The molecule has 9 nitrogen and oxygen atoms in total. The molecule has 1 saturated carbocycles. The fourth-order valence-corrected chi connectivity index (χ4v) is 5.96. The smallest absolute Gasteiger partial charge is 0.252 e. The average molecular weight is 567 g/mol. The molecule has 2 aliphatic rings. The Labute approximate surface area is 222 Å². The molecule has 0 amide bonds. The van der Waals surface area contributed by atoms with Gasteiger partial charge in [0.1, 0.15) is 0 Å². The van der Waals surface area contributed by atoms with Crippen LogP contribution >= 0.6 is 0 Å². The molecule has 14 heteroatoms. The van der Waals surface area contributed by atoms with Crippen molar-refractivity contribution in [3.8, 4) is 22.9 Å². The zero-order chi connectivity index (χ0) is 27.6. The summed E-state index contributed by atoms with van der Waals surface area (Å²) in [4.78, 5) is 12.9. The lowest BCUT2D eigenvalue weighted by Crippen LogP contribution is -2.43. The Morgan fingerprint density at radius 2 is 1.92 bits per heavy atom. The summed E-state index contributed by atoms with van der Waals surface area (Å²) in [5.74, 6) is -8.61. The van der Waals surface area contributed by atoms with Crippen molar-refractivity contribution in [3.05, 3.63) is 54.4 Å². The minimum atomic E-state index is -4.35. The molecule has 1 saturated heterocycles. The highest BCUT2D eigenvalue weighted by molar-refractivity contribution is 7.92. The summed E-state index contributed by atoms with van der Waals surface area (Å²) < 4.78 is 88.7. The van der Waals surface area contributed by atoms with Gasteiger partial charge in [0.25, 0.3) is 5.92 Å². The molecule has 2 atom stereocenters. The first-order valence-electron chi connectivity index (χ1n) is 12.4. The van der Waals surface area contributed by atoms with Gasteiger partial charge in [-0.1, -0.05) is 0 Å². The summed E-state index contributed by atoms with van der Waals surface area (Å²) in [6.07, 6.45) is 4.58. The standard InChI is InChI=1S/C25H26F4N6O3S/c26-21-19(35-39(36,37)14-15-7-9-25(15,28)29)5-6-20(22(21)27)38-23-17(4-2-11-31-23)18-8-12-32-24(34-18)33-16-3-1-10-30-13-16/h2,4-6,8,11-12,15-16,30,35H,1,3,7,9-10,13-14H2,(H,32,33,34). The number of aromatic nitrogens is 3. The number of ether oxygens (including phenoxy) is 1. The van der Waals surface area contributed by atoms with E-state index in [0.717, 1.165) is 38.1 Å². The maximum atomic E-state index is 14.9. The molecule has 3 heterocycles. The van der Waals surface area contributed by atoms with Crippen molar-refractivity contribution in [2.75, 3.05) is 28.9 Å². The van der Waals surface area contributed by atoms with Gasteiger partial charge in [-0.2, -0.15) is 4.39 Å². The third kappa shape index (κ3) is 6.22. The minimum absolute atomic E-state index is 0.0334. The van der Waals surface area contributed by atoms with Gasteiger partial charge in [0.2, 0.25) is 27.7 Å². The first-order chi connectivity index (χ1) is 18.6. The molecular formula is C25H26F4N6O3S. The summed E-state index contributed by atoms with van der Waals surface area (Å²) in [7, 11) is -4.35. The fourth-order valence-electron chi connectivity index (χ4n) is 4.44. The number of halogens is 4. The third-order valence-corrected chi connectivity index (χ3v) is 8.07. The normalized spacial score (nSPS) is 20.6. The van der Waals surface area contributed by atoms with E-state index in [9.17, 15) is 26.0 Å². The average Bonchev–Trinajstić information content (AvgIpc) is 2.92. The fraction of sp³-hybridized carbons (Fsp3) is 0.400. The van der Waals surface area contributed by atoms with Gasteiger partial charge in [-0.25, -0.2) is 36.5 Å². The number of hydrogen-bond donors (Lipinski definition) is 3. The van der Waals surface area contributed by atoms with Gasteiger partial charge in [0, 0.05) is 37.3 Å². The quantitative estimate of drug-likeness (QED) is 0.323. The summed E-state index contributed by atoms with van der Waals surface area (Å²) in [6.45, 7) is 1.73. The predicted molar refractivity (Wildman–Crippen MR) is 136 cm³/mol. The van der Waals surface area contributed by atoms with Crippen LogP contribution in [0.3, 0.4) is 0 Å².